The van der Waals surface area contributed by atoms with Gasteiger partial charge in [-0.2, -0.15) is 0 Å². The number of allylic oxidation sites excluding steroid dienone is 5. The molecular formula is C13H18BrNO. The monoisotopic (exact) mass is 283 g/mol. The number of hydrogen-bond acceptors (Lipinski definition) is 2. The first-order valence-corrected chi connectivity index (χ1v) is 6.18. The standard InChI is InChI=1S/C11H12BrNO.C2H6/c1-3-5-6-7-9(4-2)11-13-8-10(12)14-11;1-2/h4-8H,2-3H2,1H3;1-2H3/b6-5-,9-7+;. The number of oxazole rings is 1. The molecule has 0 fully saturated rings. The average molecular weight is 284 g/mol. The summed E-state index contributed by atoms with van der Waals surface area (Å²) >= 11 is 3.20. The quantitative estimate of drug-likeness (QED) is 0.727. The van der Waals surface area contributed by atoms with Crippen LogP contribution in [0.15, 0.2) is 46.2 Å². The van der Waals surface area contributed by atoms with E-state index in [1.165, 1.54) is 0 Å². The van der Waals surface area contributed by atoms with Gasteiger partial charge in [0.15, 0.2) is 4.67 Å². The van der Waals surface area contributed by atoms with Crippen LogP contribution < -0.4 is 0 Å². The van der Waals surface area contributed by atoms with Gasteiger partial charge in [0.25, 0.3) is 0 Å². The Bertz CT molecular complexity index is 364. The molecule has 0 unspecified atom stereocenters. The molecule has 0 aromatic carbocycles. The Balaban J connectivity index is 0.00000106. The summed E-state index contributed by atoms with van der Waals surface area (Å²) < 4.78 is 5.92. The lowest BCUT2D eigenvalue weighted by atomic mass is 10.2. The Morgan fingerprint density at radius 3 is 2.69 bits per heavy atom. The third-order valence-electron chi connectivity index (χ3n) is 1.59. The summed E-state index contributed by atoms with van der Waals surface area (Å²) in [6.07, 6.45) is 10.3. The predicted octanol–water partition coefficient (Wildman–Crippen LogP) is 5.00. The summed E-state index contributed by atoms with van der Waals surface area (Å²) in [5, 5.41) is 0. The first-order chi connectivity index (χ1) is 7.77. The van der Waals surface area contributed by atoms with Crippen molar-refractivity contribution in [1.29, 1.82) is 0 Å². The molecular weight excluding hydrogens is 266 g/mol. The maximum absolute atomic E-state index is 5.30. The van der Waals surface area contributed by atoms with Crippen molar-refractivity contribution in [1.82, 2.24) is 4.98 Å². The van der Waals surface area contributed by atoms with Crippen molar-refractivity contribution < 1.29 is 4.42 Å². The highest BCUT2D eigenvalue weighted by Crippen LogP contribution is 2.18. The van der Waals surface area contributed by atoms with Gasteiger partial charge in [0.05, 0.1) is 6.20 Å². The van der Waals surface area contributed by atoms with E-state index in [-0.39, 0.29) is 0 Å². The number of aromatic nitrogens is 1. The highest BCUT2D eigenvalue weighted by molar-refractivity contribution is 9.10. The van der Waals surface area contributed by atoms with Crippen LogP contribution in [-0.2, 0) is 0 Å². The van der Waals surface area contributed by atoms with Crippen molar-refractivity contribution in [2.75, 3.05) is 0 Å². The molecule has 1 aromatic heterocycles. The molecule has 0 saturated heterocycles. The first-order valence-electron chi connectivity index (χ1n) is 5.39. The zero-order valence-corrected chi connectivity index (χ0v) is 11.6. The van der Waals surface area contributed by atoms with Crippen molar-refractivity contribution in [3.63, 3.8) is 0 Å². The smallest absolute Gasteiger partial charge is 0.227 e. The topological polar surface area (TPSA) is 26.0 Å². The minimum absolute atomic E-state index is 0.577. The fourth-order valence-electron chi connectivity index (χ4n) is 0.922. The molecule has 3 heteroatoms. The molecule has 0 atom stereocenters. The molecule has 0 bridgehead atoms. The molecule has 0 N–H and O–H groups in total. The molecule has 0 saturated carbocycles. The van der Waals surface area contributed by atoms with Gasteiger partial charge in [-0.05, 0) is 28.4 Å². The van der Waals surface area contributed by atoms with E-state index in [2.05, 4.69) is 40.5 Å². The van der Waals surface area contributed by atoms with Crippen LogP contribution in [0.3, 0.4) is 0 Å². The molecule has 0 radical (unpaired) electrons. The van der Waals surface area contributed by atoms with Crippen molar-refractivity contribution in [2.24, 2.45) is 0 Å². The average Bonchev–Trinajstić information content (AvgIpc) is 2.74. The highest BCUT2D eigenvalue weighted by Gasteiger charge is 2.03. The van der Waals surface area contributed by atoms with E-state index in [0.29, 0.717) is 10.6 Å². The molecule has 1 heterocycles. The van der Waals surface area contributed by atoms with E-state index in [1.54, 1.807) is 12.3 Å². The Labute approximate surface area is 106 Å². The van der Waals surface area contributed by atoms with Crippen LogP contribution in [0, 0.1) is 0 Å². The molecule has 0 aliphatic carbocycles. The van der Waals surface area contributed by atoms with Crippen LogP contribution in [0.25, 0.3) is 5.57 Å². The maximum atomic E-state index is 5.30. The molecule has 0 amide bonds. The molecule has 1 aromatic rings. The largest absolute Gasteiger partial charge is 0.429 e. The number of hydrogen-bond donors (Lipinski definition) is 0. The number of nitrogens with zero attached hydrogens (tertiary/aromatic N) is 1. The Hall–Kier alpha value is -1.09. The van der Waals surface area contributed by atoms with Crippen molar-refractivity contribution in [2.45, 2.75) is 27.2 Å². The molecule has 0 aliphatic heterocycles. The van der Waals surface area contributed by atoms with Gasteiger partial charge in [-0.3, -0.25) is 0 Å². The van der Waals surface area contributed by atoms with E-state index in [1.807, 2.05) is 26.0 Å². The third kappa shape index (κ3) is 5.12. The lowest BCUT2D eigenvalue weighted by molar-refractivity contribution is 0.520. The van der Waals surface area contributed by atoms with Crippen LogP contribution in [0.5, 0.6) is 0 Å². The van der Waals surface area contributed by atoms with Gasteiger partial charge in [0.1, 0.15) is 0 Å². The molecule has 16 heavy (non-hydrogen) atoms. The van der Waals surface area contributed by atoms with Gasteiger partial charge < -0.3 is 4.42 Å². The Kier molecular flexibility index (Phi) is 8.53. The minimum atomic E-state index is 0.577. The van der Waals surface area contributed by atoms with Gasteiger partial charge in [0, 0.05) is 5.57 Å². The fourth-order valence-corrected chi connectivity index (χ4v) is 1.18. The molecule has 0 aliphatic rings. The normalized spacial score (nSPS) is 11.1. The van der Waals surface area contributed by atoms with Crippen LogP contribution >= 0.6 is 15.9 Å². The van der Waals surface area contributed by atoms with Crippen molar-refractivity contribution in [3.8, 4) is 0 Å². The van der Waals surface area contributed by atoms with E-state index in [0.717, 1.165) is 12.0 Å². The third-order valence-corrected chi connectivity index (χ3v) is 1.96. The van der Waals surface area contributed by atoms with Crippen molar-refractivity contribution >= 4 is 21.5 Å². The first kappa shape index (κ1) is 14.9. The SMILES string of the molecule is C=C/C(=C\C=C/CC)c1ncc(Br)o1.CC. The zero-order chi connectivity index (χ0) is 12.4. The summed E-state index contributed by atoms with van der Waals surface area (Å²) in [7, 11) is 0. The van der Waals surface area contributed by atoms with Gasteiger partial charge in [-0.25, -0.2) is 4.98 Å². The van der Waals surface area contributed by atoms with E-state index in [4.69, 9.17) is 4.42 Å². The van der Waals surface area contributed by atoms with Gasteiger partial charge >= 0.3 is 0 Å². The van der Waals surface area contributed by atoms with E-state index >= 15 is 0 Å². The summed E-state index contributed by atoms with van der Waals surface area (Å²) in [6, 6.07) is 0. The van der Waals surface area contributed by atoms with Crippen LogP contribution in [0.1, 0.15) is 33.1 Å². The van der Waals surface area contributed by atoms with Crippen LogP contribution in [0.2, 0.25) is 0 Å². The molecule has 0 spiro atoms. The van der Waals surface area contributed by atoms with Crippen molar-refractivity contribution in [3.05, 3.63) is 47.6 Å². The lowest BCUT2D eigenvalue weighted by Crippen LogP contribution is -1.77. The highest BCUT2D eigenvalue weighted by atomic mass is 79.9. The Morgan fingerprint density at radius 2 is 2.25 bits per heavy atom. The van der Waals surface area contributed by atoms with Gasteiger partial charge in [0.2, 0.25) is 5.89 Å². The summed E-state index contributed by atoms with van der Waals surface area (Å²) in [5.74, 6) is 0.577. The molecule has 88 valence electrons. The summed E-state index contributed by atoms with van der Waals surface area (Å²) in [5.41, 5.74) is 0.875. The second-order valence-electron chi connectivity index (χ2n) is 2.63. The van der Waals surface area contributed by atoms with Crippen LogP contribution in [-0.4, -0.2) is 4.98 Å². The van der Waals surface area contributed by atoms with Crippen LogP contribution in [0.4, 0.5) is 0 Å². The van der Waals surface area contributed by atoms with E-state index < -0.39 is 0 Å². The molecule has 2 nitrogen and oxygen atoms in total. The minimum Gasteiger partial charge on any atom is -0.429 e. The second kappa shape index (κ2) is 9.16. The fraction of sp³-hybridized carbons (Fsp3) is 0.308. The predicted molar refractivity (Wildman–Crippen MR) is 73.2 cm³/mol. The van der Waals surface area contributed by atoms with Gasteiger partial charge in [-0.15, -0.1) is 0 Å². The Morgan fingerprint density at radius 1 is 1.56 bits per heavy atom. The molecule has 1 rings (SSSR count). The zero-order valence-electron chi connectivity index (χ0n) is 10.0. The summed E-state index contributed by atoms with van der Waals surface area (Å²) in [6.45, 7) is 9.79. The second-order valence-corrected chi connectivity index (χ2v) is 3.41. The maximum Gasteiger partial charge on any atom is 0.227 e. The van der Waals surface area contributed by atoms with Gasteiger partial charge in [-0.1, -0.05) is 45.6 Å². The summed E-state index contributed by atoms with van der Waals surface area (Å²) in [4.78, 5) is 4.08. The van der Waals surface area contributed by atoms with E-state index in [9.17, 15) is 0 Å². The lowest BCUT2D eigenvalue weighted by Gasteiger charge is -1.92. The number of rotatable bonds is 4. The number of halogens is 1.